The van der Waals surface area contributed by atoms with Gasteiger partial charge >= 0.3 is 0 Å². The van der Waals surface area contributed by atoms with Crippen LogP contribution in [0.3, 0.4) is 0 Å². The van der Waals surface area contributed by atoms with Gasteiger partial charge in [-0.15, -0.1) is 6.58 Å². The second kappa shape index (κ2) is 11.4. The van der Waals surface area contributed by atoms with E-state index < -0.39 is 0 Å². The molecule has 1 saturated heterocycles. The first-order valence-electron chi connectivity index (χ1n) is 10.2. The highest BCUT2D eigenvalue weighted by Gasteiger charge is 2.21. The Bertz CT molecular complexity index is 825. The molecule has 1 heterocycles. The summed E-state index contributed by atoms with van der Waals surface area (Å²) in [6.07, 6.45) is 2.55. The molecule has 0 bridgehead atoms. The van der Waals surface area contributed by atoms with Gasteiger partial charge < -0.3 is 19.5 Å². The Morgan fingerprint density at radius 2 is 2.07 bits per heavy atom. The van der Waals surface area contributed by atoms with Crippen LogP contribution in [-0.4, -0.2) is 56.9 Å². The topological polar surface area (TPSA) is 60.0 Å². The smallest absolute Gasteiger partial charge is 0.258 e. The molecule has 2 aromatic carbocycles. The average Bonchev–Trinajstić information content (AvgIpc) is 2.78. The number of allylic oxidation sites excluding steroid dienone is 1. The minimum absolute atomic E-state index is 0.0286. The molecule has 6 nitrogen and oxygen atoms in total. The molecule has 0 radical (unpaired) electrons. The van der Waals surface area contributed by atoms with Gasteiger partial charge in [0, 0.05) is 26.2 Å². The van der Waals surface area contributed by atoms with Gasteiger partial charge in [0.15, 0.2) is 18.1 Å². The van der Waals surface area contributed by atoms with Crippen molar-refractivity contribution in [1.29, 1.82) is 0 Å². The van der Waals surface area contributed by atoms with Crippen LogP contribution in [0.25, 0.3) is 0 Å². The van der Waals surface area contributed by atoms with Crippen LogP contribution in [0, 0.1) is 0 Å². The molecule has 1 atom stereocenters. The van der Waals surface area contributed by atoms with Crippen molar-refractivity contribution in [1.82, 2.24) is 10.2 Å². The van der Waals surface area contributed by atoms with E-state index in [1.807, 2.05) is 30.3 Å². The molecular formula is C24H30N2O4. The molecule has 1 fully saturated rings. The van der Waals surface area contributed by atoms with E-state index in [2.05, 4.69) is 41.1 Å². The van der Waals surface area contributed by atoms with E-state index >= 15 is 0 Å². The highest BCUT2D eigenvalue weighted by molar-refractivity contribution is 5.77. The van der Waals surface area contributed by atoms with Crippen LogP contribution in [0.2, 0.25) is 0 Å². The lowest BCUT2D eigenvalue weighted by atomic mass is 10.1. The third kappa shape index (κ3) is 6.61. The van der Waals surface area contributed by atoms with E-state index in [0.29, 0.717) is 24.7 Å². The minimum Gasteiger partial charge on any atom is -0.493 e. The largest absolute Gasteiger partial charge is 0.493 e. The van der Waals surface area contributed by atoms with E-state index in [9.17, 15) is 4.79 Å². The first-order chi connectivity index (χ1) is 14.7. The normalized spacial score (nSPS) is 16.6. The maximum Gasteiger partial charge on any atom is 0.258 e. The van der Waals surface area contributed by atoms with E-state index in [4.69, 9.17) is 14.2 Å². The van der Waals surface area contributed by atoms with E-state index in [-0.39, 0.29) is 18.6 Å². The van der Waals surface area contributed by atoms with Crippen LogP contribution in [0.1, 0.15) is 11.1 Å². The van der Waals surface area contributed by atoms with E-state index in [0.717, 1.165) is 31.6 Å². The summed E-state index contributed by atoms with van der Waals surface area (Å²) in [5.74, 6) is 0.966. The first-order valence-corrected chi connectivity index (χ1v) is 10.2. The second-order valence-corrected chi connectivity index (χ2v) is 7.28. The third-order valence-electron chi connectivity index (χ3n) is 4.97. The third-order valence-corrected chi connectivity index (χ3v) is 4.97. The van der Waals surface area contributed by atoms with Crippen molar-refractivity contribution in [2.24, 2.45) is 0 Å². The fraction of sp³-hybridized carbons (Fsp3) is 0.375. The fourth-order valence-corrected chi connectivity index (χ4v) is 3.44. The number of amides is 1. The van der Waals surface area contributed by atoms with Gasteiger partial charge in [0.1, 0.15) is 0 Å². The SMILES string of the molecule is C=CCc1ccc(OCC(=O)NCC2CN(Cc3ccccc3)CCO2)c(OC)c1. The molecule has 1 aliphatic rings. The zero-order valence-electron chi connectivity index (χ0n) is 17.5. The summed E-state index contributed by atoms with van der Waals surface area (Å²) in [7, 11) is 1.58. The number of benzene rings is 2. The summed E-state index contributed by atoms with van der Waals surface area (Å²) in [4.78, 5) is 14.6. The number of carbonyl (C=O) groups excluding carboxylic acids is 1. The van der Waals surface area contributed by atoms with Crippen molar-refractivity contribution in [3.8, 4) is 11.5 Å². The Kier molecular flexibility index (Phi) is 8.30. The Morgan fingerprint density at radius 1 is 1.23 bits per heavy atom. The van der Waals surface area contributed by atoms with Crippen molar-refractivity contribution in [3.63, 3.8) is 0 Å². The zero-order chi connectivity index (χ0) is 21.2. The van der Waals surface area contributed by atoms with Crippen molar-refractivity contribution < 1.29 is 19.0 Å². The molecule has 6 heteroatoms. The van der Waals surface area contributed by atoms with Crippen LogP contribution >= 0.6 is 0 Å². The number of nitrogens with zero attached hydrogens (tertiary/aromatic N) is 1. The number of methoxy groups -OCH3 is 1. The summed E-state index contributed by atoms with van der Waals surface area (Å²) in [5, 5.41) is 2.91. The molecule has 0 aromatic heterocycles. The molecular weight excluding hydrogens is 380 g/mol. The standard InChI is InChI=1S/C24H30N2O4/c1-3-7-19-10-11-22(23(14-19)28-2)30-18-24(27)25-15-21-17-26(12-13-29-21)16-20-8-5-4-6-9-20/h3-6,8-11,14,21H,1,7,12-13,15-18H2,2H3,(H,25,27). The predicted molar refractivity (Wildman–Crippen MR) is 117 cm³/mol. The van der Waals surface area contributed by atoms with E-state index in [1.54, 1.807) is 7.11 Å². The number of ether oxygens (including phenoxy) is 3. The number of nitrogens with one attached hydrogen (secondary N) is 1. The second-order valence-electron chi connectivity index (χ2n) is 7.28. The van der Waals surface area contributed by atoms with Crippen LogP contribution < -0.4 is 14.8 Å². The quantitative estimate of drug-likeness (QED) is 0.611. The van der Waals surface area contributed by atoms with Gasteiger partial charge in [-0.2, -0.15) is 0 Å². The lowest BCUT2D eigenvalue weighted by Gasteiger charge is -2.33. The first kappa shape index (κ1) is 21.9. The number of morpholine rings is 1. The highest BCUT2D eigenvalue weighted by Crippen LogP contribution is 2.28. The van der Waals surface area contributed by atoms with Gasteiger partial charge in [0.2, 0.25) is 0 Å². The molecule has 2 aromatic rings. The van der Waals surface area contributed by atoms with Gasteiger partial charge in [0.05, 0.1) is 19.8 Å². The molecule has 0 spiro atoms. The zero-order valence-corrected chi connectivity index (χ0v) is 17.5. The predicted octanol–water partition coefficient (Wildman–Crippen LogP) is 2.82. The van der Waals surface area contributed by atoms with Crippen LogP contribution in [0.15, 0.2) is 61.2 Å². The number of rotatable bonds is 10. The number of hydrogen-bond acceptors (Lipinski definition) is 5. The summed E-state index contributed by atoms with van der Waals surface area (Å²) in [5.41, 5.74) is 2.36. The maximum atomic E-state index is 12.2. The fourth-order valence-electron chi connectivity index (χ4n) is 3.44. The van der Waals surface area contributed by atoms with Crippen molar-refractivity contribution >= 4 is 5.91 Å². The molecule has 1 unspecified atom stereocenters. The van der Waals surface area contributed by atoms with Crippen molar-refractivity contribution in [2.45, 2.75) is 19.1 Å². The lowest BCUT2D eigenvalue weighted by molar-refractivity contribution is -0.124. The summed E-state index contributed by atoms with van der Waals surface area (Å²) in [6, 6.07) is 16.0. The van der Waals surface area contributed by atoms with Crippen LogP contribution in [-0.2, 0) is 22.5 Å². The van der Waals surface area contributed by atoms with E-state index in [1.165, 1.54) is 5.56 Å². The summed E-state index contributed by atoms with van der Waals surface area (Å²) in [6.45, 7) is 7.36. The molecule has 1 N–H and O–H groups in total. The van der Waals surface area contributed by atoms with Gasteiger partial charge in [0.25, 0.3) is 5.91 Å². The van der Waals surface area contributed by atoms with Gasteiger partial charge in [-0.25, -0.2) is 0 Å². The monoisotopic (exact) mass is 410 g/mol. The maximum absolute atomic E-state index is 12.2. The molecule has 1 aliphatic heterocycles. The molecule has 160 valence electrons. The Balaban J connectivity index is 1.42. The summed E-state index contributed by atoms with van der Waals surface area (Å²) >= 11 is 0. The van der Waals surface area contributed by atoms with Crippen LogP contribution in [0.4, 0.5) is 0 Å². The Hall–Kier alpha value is -2.83. The lowest BCUT2D eigenvalue weighted by Crippen LogP contribution is -2.47. The molecule has 3 rings (SSSR count). The van der Waals surface area contributed by atoms with Gasteiger partial charge in [-0.3, -0.25) is 9.69 Å². The van der Waals surface area contributed by atoms with Crippen molar-refractivity contribution in [3.05, 3.63) is 72.3 Å². The Morgan fingerprint density at radius 3 is 2.83 bits per heavy atom. The van der Waals surface area contributed by atoms with Gasteiger partial charge in [-0.05, 0) is 29.7 Å². The molecule has 0 aliphatic carbocycles. The summed E-state index contributed by atoms with van der Waals surface area (Å²) < 4.78 is 16.8. The van der Waals surface area contributed by atoms with Gasteiger partial charge in [-0.1, -0.05) is 42.5 Å². The van der Waals surface area contributed by atoms with Crippen LogP contribution in [0.5, 0.6) is 11.5 Å². The molecule has 0 saturated carbocycles. The minimum atomic E-state index is -0.184. The number of carbonyl (C=O) groups is 1. The molecule has 30 heavy (non-hydrogen) atoms. The average molecular weight is 411 g/mol. The van der Waals surface area contributed by atoms with Crippen molar-refractivity contribution in [2.75, 3.05) is 40.0 Å². The molecule has 1 amide bonds. The Labute approximate surface area is 178 Å². The highest BCUT2D eigenvalue weighted by atomic mass is 16.5. The number of hydrogen-bond donors (Lipinski definition) is 1.